The van der Waals surface area contributed by atoms with Crippen LogP contribution in [0.15, 0.2) is 54.9 Å². The number of aryl methyl sites for hydroxylation is 1. The predicted molar refractivity (Wildman–Crippen MR) is 117 cm³/mol. The van der Waals surface area contributed by atoms with Crippen LogP contribution in [-0.2, 0) is 13.1 Å². The Balaban J connectivity index is 0.000000286. The van der Waals surface area contributed by atoms with Gasteiger partial charge in [0.2, 0.25) is 0 Å². The van der Waals surface area contributed by atoms with Crippen LogP contribution >= 0.6 is 0 Å². The zero-order chi connectivity index (χ0) is 24.0. The molecule has 0 bridgehead atoms. The van der Waals surface area contributed by atoms with Gasteiger partial charge in [0.25, 0.3) is 11.7 Å². The Bertz CT molecular complexity index is 1310. The molecule has 3 N–H and O–H groups in total. The van der Waals surface area contributed by atoms with Crippen molar-refractivity contribution in [2.24, 2.45) is 5.73 Å². The van der Waals surface area contributed by atoms with E-state index in [1.165, 1.54) is 36.0 Å². The Labute approximate surface area is 188 Å². The monoisotopic (exact) mass is 452 g/mol. The smallest absolute Gasteiger partial charge is 0.270 e. The van der Waals surface area contributed by atoms with Crippen LogP contribution in [0.25, 0.3) is 5.78 Å². The molecule has 0 saturated heterocycles. The van der Waals surface area contributed by atoms with E-state index in [-0.39, 0.29) is 47.7 Å². The van der Waals surface area contributed by atoms with E-state index in [4.69, 9.17) is 5.73 Å². The number of nitrogens with two attached hydrogens (primary N) is 1. The van der Waals surface area contributed by atoms with Gasteiger partial charge in [-0.05, 0) is 36.2 Å². The lowest BCUT2D eigenvalue weighted by molar-refractivity contribution is 0.0946. The number of rotatable bonds is 5. The van der Waals surface area contributed by atoms with Crippen molar-refractivity contribution in [1.82, 2.24) is 24.9 Å². The molecule has 10 heteroatoms. The van der Waals surface area contributed by atoms with Crippen molar-refractivity contribution in [2.75, 3.05) is 0 Å². The molecular weight excluding hydrogens is 430 g/mol. The molecule has 0 atom stereocenters. The molecule has 2 aromatic heterocycles. The number of ketones is 1. The van der Waals surface area contributed by atoms with E-state index in [9.17, 15) is 18.4 Å². The highest BCUT2D eigenvalue weighted by Gasteiger charge is 2.15. The maximum absolute atomic E-state index is 13.3. The first kappa shape index (κ1) is 23.6. The minimum Gasteiger partial charge on any atom is -0.347 e. The van der Waals surface area contributed by atoms with E-state index >= 15 is 0 Å². The van der Waals surface area contributed by atoms with Crippen LogP contribution in [-0.4, -0.2) is 31.3 Å². The molecule has 170 valence electrons. The molecule has 33 heavy (non-hydrogen) atoms. The first-order valence-corrected chi connectivity index (χ1v) is 9.98. The van der Waals surface area contributed by atoms with Crippen LogP contribution in [0, 0.1) is 18.6 Å². The number of nitrogens with zero attached hydrogens (tertiary/aromatic N) is 4. The minimum absolute atomic E-state index is 0.0690. The van der Waals surface area contributed by atoms with E-state index in [0.717, 1.165) is 5.56 Å². The van der Waals surface area contributed by atoms with Gasteiger partial charge in [-0.25, -0.2) is 13.8 Å². The van der Waals surface area contributed by atoms with Gasteiger partial charge in [-0.15, -0.1) is 0 Å². The lowest BCUT2D eigenvalue weighted by atomic mass is 10.1. The summed E-state index contributed by atoms with van der Waals surface area (Å²) in [6.07, 6.45) is 1.26. The summed E-state index contributed by atoms with van der Waals surface area (Å²) in [5.74, 6) is -1.05. The number of hydrogen-bond acceptors (Lipinski definition) is 6. The Morgan fingerprint density at radius 2 is 1.85 bits per heavy atom. The fraction of sp³-hybridized carbons (Fsp3) is 0.174. The fourth-order valence-corrected chi connectivity index (χ4v) is 2.93. The first-order chi connectivity index (χ1) is 15.8. The number of nitrogens with one attached hydrogen (secondary N) is 1. The third-order valence-corrected chi connectivity index (χ3v) is 4.70. The van der Waals surface area contributed by atoms with Gasteiger partial charge in [0.05, 0.1) is 0 Å². The molecule has 2 aromatic carbocycles. The van der Waals surface area contributed by atoms with Crippen LogP contribution in [0.4, 0.5) is 8.78 Å². The Kier molecular flexibility index (Phi) is 7.52. The molecule has 4 aromatic rings. The summed E-state index contributed by atoms with van der Waals surface area (Å²) in [5, 5.41) is 6.60. The van der Waals surface area contributed by atoms with Gasteiger partial charge in [-0.1, -0.05) is 30.3 Å². The number of Topliss-reactive ketones (excluding diaryl/α,β-unsaturated/α-hetero) is 1. The summed E-state index contributed by atoms with van der Waals surface area (Å²) in [6, 6.07) is 12.5. The van der Waals surface area contributed by atoms with Gasteiger partial charge < -0.3 is 11.1 Å². The normalized spacial score (nSPS) is 10.5. The molecule has 0 spiro atoms. The third kappa shape index (κ3) is 5.80. The topological polar surface area (TPSA) is 115 Å². The molecule has 0 radical (unpaired) electrons. The summed E-state index contributed by atoms with van der Waals surface area (Å²) >= 11 is 0. The van der Waals surface area contributed by atoms with Crippen molar-refractivity contribution >= 4 is 17.5 Å². The second-order valence-electron chi connectivity index (χ2n) is 7.12. The Morgan fingerprint density at radius 3 is 2.48 bits per heavy atom. The molecule has 1 amide bonds. The average Bonchev–Trinajstić information content (AvgIpc) is 3.28. The SMILES string of the molecule is CC(=O)c1cc(C(=O)NCc2ccc(F)c(C)c2)nc2ncnn12.NCc1ccccc1F. The van der Waals surface area contributed by atoms with E-state index in [2.05, 4.69) is 20.4 Å². The van der Waals surface area contributed by atoms with Crippen LogP contribution < -0.4 is 11.1 Å². The van der Waals surface area contributed by atoms with Crippen molar-refractivity contribution in [2.45, 2.75) is 26.9 Å². The number of carbonyl (C=O) groups excluding carboxylic acids is 2. The number of aromatic nitrogens is 4. The number of hydrogen-bond donors (Lipinski definition) is 2. The molecule has 0 fully saturated rings. The van der Waals surface area contributed by atoms with Crippen molar-refractivity contribution in [3.05, 3.63) is 94.6 Å². The first-order valence-electron chi connectivity index (χ1n) is 9.98. The zero-order valence-electron chi connectivity index (χ0n) is 18.0. The van der Waals surface area contributed by atoms with Gasteiger partial charge >= 0.3 is 0 Å². The summed E-state index contributed by atoms with van der Waals surface area (Å²) in [7, 11) is 0. The lowest BCUT2D eigenvalue weighted by Crippen LogP contribution is -2.25. The standard InChI is InChI=1S/C16H14FN5O2.C7H8FN/c1-9-5-11(3-4-12(9)17)7-18-15(24)13-6-14(10(2)23)22-16(21-13)19-8-20-22;8-7-4-2-1-3-6(7)5-9/h3-6,8H,7H2,1-2H3,(H,18,24);1-4H,5,9H2. The Hall–Kier alpha value is -4.05. The van der Waals surface area contributed by atoms with Gasteiger partial charge in [-0.3, -0.25) is 9.59 Å². The predicted octanol–water partition coefficient (Wildman–Crippen LogP) is 2.99. The van der Waals surface area contributed by atoms with Gasteiger partial charge in [0, 0.05) is 25.6 Å². The maximum atomic E-state index is 13.3. The average molecular weight is 452 g/mol. The highest BCUT2D eigenvalue weighted by molar-refractivity contribution is 5.98. The second-order valence-corrected chi connectivity index (χ2v) is 7.12. The molecule has 0 saturated carbocycles. The largest absolute Gasteiger partial charge is 0.347 e. The van der Waals surface area contributed by atoms with E-state index in [1.54, 1.807) is 37.3 Å². The second kappa shape index (κ2) is 10.5. The Morgan fingerprint density at radius 1 is 1.09 bits per heavy atom. The number of fused-ring (bicyclic) bond motifs is 1. The molecule has 0 aliphatic carbocycles. The molecular formula is C23H22F2N6O2. The molecule has 2 heterocycles. The summed E-state index contributed by atoms with van der Waals surface area (Å²) in [5.41, 5.74) is 7.33. The number of amides is 1. The van der Waals surface area contributed by atoms with Gasteiger partial charge in [0.15, 0.2) is 5.78 Å². The molecule has 0 aliphatic heterocycles. The van der Waals surface area contributed by atoms with Crippen LogP contribution in [0.1, 0.15) is 44.6 Å². The number of halogens is 2. The van der Waals surface area contributed by atoms with Crippen molar-refractivity contribution in [3.8, 4) is 0 Å². The zero-order valence-corrected chi connectivity index (χ0v) is 18.0. The van der Waals surface area contributed by atoms with Crippen LogP contribution in [0.5, 0.6) is 0 Å². The summed E-state index contributed by atoms with van der Waals surface area (Å²) in [6.45, 7) is 3.52. The summed E-state index contributed by atoms with van der Waals surface area (Å²) in [4.78, 5) is 32.0. The minimum atomic E-state index is -0.454. The van der Waals surface area contributed by atoms with E-state index < -0.39 is 5.91 Å². The van der Waals surface area contributed by atoms with E-state index in [1.807, 2.05) is 0 Å². The maximum Gasteiger partial charge on any atom is 0.270 e. The van der Waals surface area contributed by atoms with Gasteiger partial charge in [0.1, 0.15) is 29.3 Å². The highest BCUT2D eigenvalue weighted by Crippen LogP contribution is 2.10. The van der Waals surface area contributed by atoms with Crippen molar-refractivity contribution in [1.29, 1.82) is 0 Å². The van der Waals surface area contributed by atoms with Gasteiger partial charge in [-0.2, -0.15) is 14.6 Å². The third-order valence-electron chi connectivity index (χ3n) is 4.70. The molecule has 8 nitrogen and oxygen atoms in total. The summed E-state index contributed by atoms with van der Waals surface area (Å²) < 4.78 is 27.0. The quantitative estimate of drug-likeness (QED) is 0.450. The van der Waals surface area contributed by atoms with Crippen molar-refractivity contribution < 1.29 is 18.4 Å². The molecule has 0 unspecified atom stereocenters. The fourth-order valence-electron chi connectivity index (χ4n) is 2.93. The highest BCUT2D eigenvalue weighted by atomic mass is 19.1. The van der Waals surface area contributed by atoms with Crippen LogP contribution in [0.2, 0.25) is 0 Å². The van der Waals surface area contributed by atoms with Crippen LogP contribution in [0.3, 0.4) is 0 Å². The lowest BCUT2D eigenvalue weighted by Gasteiger charge is -2.07. The molecule has 0 aliphatic rings. The van der Waals surface area contributed by atoms with E-state index in [0.29, 0.717) is 11.1 Å². The number of carbonyl (C=O) groups is 2. The van der Waals surface area contributed by atoms with Crippen molar-refractivity contribution in [3.63, 3.8) is 0 Å². The molecule has 4 rings (SSSR count). The number of benzene rings is 2.